The number of aromatic nitrogens is 1. The van der Waals surface area contributed by atoms with Crippen LogP contribution >= 0.6 is 27.3 Å². The molecule has 2 aromatic rings. The number of hydrogen-bond donors (Lipinski definition) is 1. The number of halogens is 2. The molecule has 0 saturated heterocycles. The zero-order valence-corrected chi connectivity index (χ0v) is 12.3. The maximum Gasteiger partial charge on any atom is 0.357 e. The first kappa shape index (κ1) is 14.0. The van der Waals surface area contributed by atoms with Crippen LogP contribution in [0.25, 0.3) is 0 Å². The maximum atomic E-state index is 13.6. The minimum atomic E-state index is -0.487. The number of nitrogens with zero attached hydrogens (tertiary/aromatic N) is 1. The van der Waals surface area contributed by atoms with Gasteiger partial charge >= 0.3 is 5.97 Å². The highest BCUT2D eigenvalue weighted by molar-refractivity contribution is 9.10. The lowest BCUT2D eigenvalue weighted by Gasteiger charge is -2.06. The van der Waals surface area contributed by atoms with Crippen LogP contribution in [0.3, 0.4) is 0 Å². The fourth-order valence-corrected chi connectivity index (χ4v) is 2.48. The highest BCUT2D eigenvalue weighted by atomic mass is 79.9. The van der Waals surface area contributed by atoms with Crippen LogP contribution in [0.4, 0.5) is 15.2 Å². The van der Waals surface area contributed by atoms with E-state index in [1.165, 1.54) is 17.4 Å². The fraction of sp³-hybridized carbons (Fsp3) is 0.167. The molecule has 0 aliphatic rings. The van der Waals surface area contributed by atoms with Gasteiger partial charge in [-0.15, -0.1) is 11.3 Å². The van der Waals surface area contributed by atoms with Gasteiger partial charge in [-0.25, -0.2) is 14.2 Å². The van der Waals surface area contributed by atoms with Gasteiger partial charge in [-0.2, -0.15) is 0 Å². The van der Waals surface area contributed by atoms with Crippen LogP contribution in [0.15, 0.2) is 28.1 Å². The average molecular weight is 345 g/mol. The third kappa shape index (κ3) is 3.30. The van der Waals surface area contributed by atoms with E-state index in [-0.39, 0.29) is 18.0 Å². The number of para-hydroxylation sites is 1. The molecule has 0 spiro atoms. The second-order valence-corrected chi connectivity index (χ2v) is 5.19. The van der Waals surface area contributed by atoms with Crippen molar-refractivity contribution in [3.63, 3.8) is 0 Å². The SMILES string of the molecule is CCOC(=O)c1csc(Nc2c(F)cccc2Br)n1. The molecule has 4 nitrogen and oxygen atoms in total. The van der Waals surface area contributed by atoms with E-state index in [1.54, 1.807) is 24.4 Å². The van der Waals surface area contributed by atoms with E-state index in [4.69, 9.17) is 4.74 Å². The van der Waals surface area contributed by atoms with Crippen molar-refractivity contribution in [1.29, 1.82) is 0 Å². The third-order valence-corrected chi connectivity index (χ3v) is 3.60. The molecule has 1 N–H and O–H groups in total. The van der Waals surface area contributed by atoms with Gasteiger partial charge in [0, 0.05) is 9.85 Å². The topological polar surface area (TPSA) is 51.2 Å². The van der Waals surface area contributed by atoms with Crippen LogP contribution in [0, 0.1) is 5.82 Å². The van der Waals surface area contributed by atoms with Crippen molar-refractivity contribution in [2.75, 3.05) is 11.9 Å². The molecular weight excluding hydrogens is 335 g/mol. The number of anilines is 2. The number of thiazole rings is 1. The van der Waals surface area contributed by atoms with E-state index in [9.17, 15) is 9.18 Å². The Morgan fingerprint density at radius 3 is 3.05 bits per heavy atom. The molecule has 1 heterocycles. The molecule has 7 heteroatoms. The predicted molar refractivity (Wildman–Crippen MR) is 75.5 cm³/mol. The number of carbonyl (C=O) groups is 1. The summed E-state index contributed by atoms with van der Waals surface area (Å²) >= 11 is 4.45. The van der Waals surface area contributed by atoms with Crippen molar-refractivity contribution in [2.45, 2.75) is 6.92 Å². The van der Waals surface area contributed by atoms with Crippen molar-refractivity contribution in [3.8, 4) is 0 Å². The summed E-state index contributed by atoms with van der Waals surface area (Å²) in [7, 11) is 0. The summed E-state index contributed by atoms with van der Waals surface area (Å²) < 4.78 is 19.0. The van der Waals surface area contributed by atoms with Crippen molar-refractivity contribution in [2.24, 2.45) is 0 Å². The molecule has 1 aromatic carbocycles. The molecule has 0 aliphatic carbocycles. The molecule has 0 fully saturated rings. The van der Waals surface area contributed by atoms with Gasteiger partial charge in [-0.3, -0.25) is 0 Å². The number of hydrogen-bond acceptors (Lipinski definition) is 5. The average Bonchev–Trinajstić information content (AvgIpc) is 2.83. The summed E-state index contributed by atoms with van der Waals surface area (Å²) in [5.41, 5.74) is 0.495. The van der Waals surface area contributed by atoms with Crippen LogP contribution in [0.5, 0.6) is 0 Å². The third-order valence-electron chi connectivity index (χ3n) is 2.18. The Morgan fingerprint density at radius 2 is 2.37 bits per heavy atom. The number of carbonyl (C=O) groups excluding carboxylic acids is 1. The smallest absolute Gasteiger partial charge is 0.357 e. The zero-order valence-electron chi connectivity index (χ0n) is 9.94. The summed E-state index contributed by atoms with van der Waals surface area (Å²) in [4.78, 5) is 15.5. The normalized spacial score (nSPS) is 10.3. The van der Waals surface area contributed by atoms with Gasteiger partial charge in [0.15, 0.2) is 10.8 Å². The summed E-state index contributed by atoms with van der Waals surface area (Å²) in [5, 5.41) is 4.83. The lowest BCUT2D eigenvalue weighted by atomic mass is 10.3. The van der Waals surface area contributed by atoms with Gasteiger partial charge < -0.3 is 10.1 Å². The Kier molecular flexibility index (Phi) is 4.49. The molecular formula is C12H10BrFN2O2S. The minimum absolute atomic E-state index is 0.210. The van der Waals surface area contributed by atoms with E-state index < -0.39 is 11.8 Å². The van der Waals surface area contributed by atoms with E-state index in [2.05, 4.69) is 26.2 Å². The minimum Gasteiger partial charge on any atom is -0.461 e. The first-order valence-corrected chi connectivity index (χ1v) is 7.12. The standard InChI is InChI=1S/C12H10BrFN2O2S/c1-2-18-11(17)9-6-19-12(15-9)16-10-7(13)4-3-5-8(10)14/h3-6H,2H2,1H3,(H,15,16). The molecule has 0 unspecified atom stereocenters. The summed E-state index contributed by atoms with van der Waals surface area (Å²) in [6.45, 7) is 2.01. The fourth-order valence-electron chi connectivity index (χ4n) is 1.35. The summed E-state index contributed by atoms with van der Waals surface area (Å²) in [6.07, 6.45) is 0. The quantitative estimate of drug-likeness (QED) is 0.852. The summed E-state index contributed by atoms with van der Waals surface area (Å²) in [6, 6.07) is 4.65. The Bertz CT molecular complexity index is 583. The maximum absolute atomic E-state index is 13.6. The molecule has 0 radical (unpaired) electrons. The van der Waals surface area contributed by atoms with E-state index in [1.807, 2.05) is 0 Å². The van der Waals surface area contributed by atoms with E-state index in [0.717, 1.165) is 0 Å². The highest BCUT2D eigenvalue weighted by Gasteiger charge is 2.13. The summed E-state index contributed by atoms with van der Waals surface area (Å²) in [5.74, 6) is -0.887. The van der Waals surface area contributed by atoms with Gasteiger partial charge in [-0.05, 0) is 35.0 Å². The van der Waals surface area contributed by atoms with Gasteiger partial charge in [0.1, 0.15) is 5.82 Å². The van der Waals surface area contributed by atoms with E-state index in [0.29, 0.717) is 9.60 Å². The van der Waals surface area contributed by atoms with Gasteiger partial charge in [0.2, 0.25) is 0 Å². The largest absolute Gasteiger partial charge is 0.461 e. The first-order chi connectivity index (χ1) is 9.11. The van der Waals surface area contributed by atoms with Crippen LogP contribution in [-0.4, -0.2) is 17.6 Å². The van der Waals surface area contributed by atoms with Crippen LogP contribution in [-0.2, 0) is 4.74 Å². The van der Waals surface area contributed by atoms with E-state index >= 15 is 0 Å². The Labute approximate surface area is 121 Å². The Morgan fingerprint density at radius 1 is 1.58 bits per heavy atom. The van der Waals surface area contributed by atoms with Gasteiger partial charge in [-0.1, -0.05) is 6.07 Å². The van der Waals surface area contributed by atoms with Crippen molar-refractivity contribution in [1.82, 2.24) is 4.98 Å². The number of nitrogens with one attached hydrogen (secondary N) is 1. The molecule has 0 aliphatic heterocycles. The molecule has 19 heavy (non-hydrogen) atoms. The highest BCUT2D eigenvalue weighted by Crippen LogP contribution is 2.29. The molecule has 1 aromatic heterocycles. The zero-order chi connectivity index (χ0) is 13.8. The van der Waals surface area contributed by atoms with Crippen molar-refractivity contribution in [3.05, 3.63) is 39.6 Å². The molecule has 0 amide bonds. The number of esters is 1. The van der Waals surface area contributed by atoms with Gasteiger partial charge in [0.25, 0.3) is 0 Å². The second kappa shape index (κ2) is 6.12. The number of benzene rings is 1. The molecule has 0 bridgehead atoms. The first-order valence-electron chi connectivity index (χ1n) is 5.45. The lowest BCUT2D eigenvalue weighted by Crippen LogP contribution is -2.05. The van der Waals surface area contributed by atoms with Crippen LogP contribution in [0.1, 0.15) is 17.4 Å². The van der Waals surface area contributed by atoms with Crippen molar-refractivity contribution >= 4 is 44.1 Å². The number of ether oxygens (including phenoxy) is 1. The molecule has 0 atom stereocenters. The van der Waals surface area contributed by atoms with Crippen LogP contribution < -0.4 is 5.32 Å². The number of rotatable bonds is 4. The monoisotopic (exact) mass is 344 g/mol. The molecule has 0 saturated carbocycles. The lowest BCUT2D eigenvalue weighted by molar-refractivity contribution is 0.0520. The Hall–Kier alpha value is -1.47. The van der Waals surface area contributed by atoms with Gasteiger partial charge in [0.05, 0.1) is 12.3 Å². The Balaban J connectivity index is 2.18. The second-order valence-electron chi connectivity index (χ2n) is 3.48. The molecule has 2 rings (SSSR count). The predicted octanol–water partition coefficient (Wildman–Crippen LogP) is 3.97. The van der Waals surface area contributed by atoms with Crippen molar-refractivity contribution < 1.29 is 13.9 Å². The van der Waals surface area contributed by atoms with Crippen LogP contribution in [0.2, 0.25) is 0 Å². The molecule has 100 valence electrons.